The maximum atomic E-state index is 4.94. The van der Waals surface area contributed by atoms with Crippen molar-refractivity contribution >= 4 is 66.4 Å². The fourth-order valence-electron chi connectivity index (χ4n) is 7.65. The molecule has 1 aromatic heterocycles. The fraction of sp³-hybridized carbons (Fsp3) is 0. The lowest BCUT2D eigenvalue weighted by Crippen LogP contribution is -2.15. The molecule has 0 fully saturated rings. The Morgan fingerprint density at radius 1 is 0.440 bits per heavy atom. The maximum Gasteiger partial charge on any atom is 0.0703 e. The highest BCUT2D eigenvalue weighted by atomic mass is 15.2. The van der Waals surface area contributed by atoms with Crippen LogP contribution < -0.4 is 9.80 Å². The van der Waals surface area contributed by atoms with Crippen LogP contribution in [-0.4, -0.2) is 4.98 Å². The van der Waals surface area contributed by atoms with Crippen LogP contribution in [0.15, 0.2) is 188 Å². The Kier molecular flexibility index (Phi) is 6.49. The van der Waals surface area contributed by atoms with E-state index in [1.165, 1.54) is 54.8 Å². The van der Waals surface area contributed by atoms with E-state index in [-0.39, 0.29) is 0 Å². The predicted molar refractivity (Wildman–Crippen MR) is 211 cm³/mol. The predicted octanol–water partition coefficient (Wildman–Crippen LogP) is 13.1. The lowest BCUT2D eigenvalue weighted by Gasteiger charge is -2.34. The summed E-state index contributed by atoms with van der Waals surface area (Å²) in [5.41, 5.74) is 11.3. The summed E-state index contributed by atoms with van der Waals surface area (Å²) >= 11 is 0. The van der Waals surface area contributed by atoms with Crippen LogP contribution in [0.25, 0.3) is 54.7 Å². The van der Waals surface area contributed by atoms with Crippen LogP contribution in [0.5, 0.6) is 0 Å². The zero-order valence-corrected chi connectivity index (χ0v) is 27.2. The number of hydrogen-bond donors (Lipinski definition) is 0. The standard InChI is InChI=1S/C47H31N3/c1-2-12-33(13-3-1)43-28-27-39(31-48-43)49(44-21-9-16-32-11-6-7-19-40(32)44)37-23-25-38(26-24-37)50-45-22-10-18-34-17-8-20-41(47(34)45)42-29-35-14-4-5-15-36(35)30-46(42)50/h1-31H. The lowest BCUT2D eigenvalue weighted by atomic mass is 9.89. The smallest absolute Gasteiger partial charge is 0.0703 e. The van der Waals surface area contributed by atoms with Crippen molar-refractivity contribution in [2.24, 2.45) is 0 Å². The molecule has 3 heteroatoms. The minimum atomic E-state index is 0.952. The molecule has 0 saturated heterocycles. The van der Waals surface area contributed by atoms with Gasteiger partial charge < -0.3 is 9.80 Å². The van der Waals surface area contributed by atoms with Gasteiger partial charge in [-0.1, -0.05) is 121 Å². The van der Waals surface area contributed by atoms with E-state index >= 15 is 0 Å². The van der Waals surface area contributed by atoms with Gasteiger partial charge in [0, 0.05) is 33.3 Å². The Bertz CT molecular complexity index is 2690. The zero-order valence-electron chi connectivity index (χ0n) is 27.2. The van der Waals surface area contributed by atoms with Gasteiger partial charge in [-0.25, -0.2) is 0 Å². The van der Waals surface area contributed by atoms with Crippen LogP contribution in [0.3, 0.4) is 0 Å². The second-order valence-corrected chi connectivity index (χ2v) is 12.9. The van der Waals surface area contributed by atoms with E-state index in [9.17, 15) is 0 Å². The van der Waals surface area contributed by atoms with Gasteiger partial charge in [0.25, 0.3) is 0 Å². The third kappa shape index (κ3) is 4.56. The van der Waals surface area contributed by atoms with Crippen LogP contribution in [0.2, 0.25) is 0 Å². The fourth-order valence-corrected chi connectivity index (χ4v) is 7.65. The molecular formula is C47H31N3. The summed E-state index contributed by atoms with van der Waals surface area (Å²) in [5, 5.41) is 7.39. The first-order chi connectivity index (χ1) is 24.8. The summed E-state index contributed by atoms with van der Waals surface area (Å²) in [7, 11) is 0. The molecule has 0 amide bonds. The molecule has 1 aliphatic heterocycles. The summed E-state index contributed by atoms with van der Waals surface area (Å²) in [6.07, 6.45) is 1.99. The molecule has 10 rings (SSSR count). The van der Waals surface area contributed by atoms with Crippen molar-refractivity contribution in [3.05, 3.63) is 188 Å². The number of pyridine rings is 1. The van der Waals surface area contributed by atoms with Gasteiger partial charge in [0.2, 0.25) is 0 Å². The first-order valence-corrected chi connectivity index (χ1v) is 17.0. The number of rotatable bonds is 5. The van der Waals surface area contributed by atoms with E-state index < -0.39 is 0 Å². The summed E-state index contributed by atoms with van der Waals surface area (Å²) < 4.78 is 0. The molecule has 1 aliphatic rings. The van der Waals surface area contributed by atoms with E-state index in [0.717, 1.165) is 34.0 Å². The number of hydrogen-bond acceptors (Lipinski definition) is 3. The Labute approximate surface area is 290 Å². The second-order valence-electron chi connectivity index (χ2n) is 12.9. The minimum absolute atomic E-state index is 0.952. The summed E-state index contributed by atoms with van der Waals surface area (Å²) in [6, 6.07) is 65.4. The van der Waals surface area contributed by atoms with Gasteiger partial charge in [-0.15, -0.1) is 0 Å². The monoisotopic (exact) mass is 637 g/mol. The molecule has 50 heavy (non-hydrogen) atoms. The summed E-state index contributed by atoms with van der Waals surface area (Å²) in [4.78, 5) is 9.69. The molecule has 0 aliphatic carbocycles. The average Bonchev–Trinajstić information content (AvgIpc) is 3.19. The van der Waals surface area contributed by atoms with Crippen LogP contribution in [0, 0.1) is 0 Å². The first kappa shape index (κ1) is 28.3. The normalized spacial score (nSPS) is 12.0. The molecule has 3 nitrogen and oxygen atoms in total. The quantitative estimate of drug-likeness (QED) is 0.187. The van der Waals surface area contributed by atoms with Gasteiger partial charge in [0.05, 0.1) is 34.6 Å². The number of nitrogens with zero attached hydrogens (tertiary/aromatic N) is 3. The first-order valence-electron chi connectivity index (χ1n) is 17.0. The third-order valence-electron chi connectivity index (χ3n) is 9.97. The van der Waals surface area contributed by atoms with Crippen LogP contribution in [0.1, 0.15) is 0 Å². The maximum absolute atomic E-state index is 4.94. The number of benzene rings is 8. The number of anilines is 6. The highest BCUT2D eigenvalue weighted by Gasteiger charge is 2.27. The van der Waals surface area contributed by atoms with Gasteiger partial charge in [-0.2, -0.15) is 0 Å². The van der Waals surface area contributed by atoms with Crippen molar-refractivity contribution in [2.75, 3.05) is 9.80 Å². The molecule has 0 bridgehead atoms. The van der Waals surface area contributed by atoms with Crippen molar-refractivity contribution in [1.82, 2.24) is 4.98 Å². The highest BCUT2D eigenvalue weighted by molar-refractivity contribution is 6.15. The molecule has 0 spiro atoms. The number of aromatic nitrogens is 1. The molecule has 0 saturated carbocycles. The Morgan fingerprint density at radius 2 is 1.10 bits per heavy atom. The number of fused-ring (bicyclic) bond motifs is 4. The Hall–Kier alpha value is -6.71. The van der Waals surface area contributed by atoms with E-state index in [0.29, 0.717) is 0 Å². The van der Waals surface area contributed by atoms with E-state index in [1.54, 1.807) is 0 Å². The molecule has 0 N–H and O–H groups in total. The van der Waals surface area contributed by atoms with Crippen molar-refractivity contribution in [3.8, 4) is 22.4 Å². The van der Waals surface area contributed by atoms with E-state index in [1.807, 2.05) is 12.3 Å². The van der Waals surface area contributed by atoms with Gasteiger partial charge in [0.15, 0.2) is 0 Å². The van der Waals surface area contributed by atoms with Gasteiger partial charge in [-0.05, 0) is 87.8 Å². The largest absolute Gasteiger partial charge is 0.309 e. The SMILES string of the molecule is c1ccc(-c2ccc(N(c3ccc(N4c5cc6ccccc6cc5-c5cccc6cccc4c56)cc3)c3cccc4ccccc34)cn2)cc1. The molecule has 234 valence electrons. The van der Waals surface area contributed by atoms with Crippen molar-refractivity contribution < 1.29 is 0 Å². The third-order valence-corrected chi connectivity index (χ3v) is 9.97. The van der Waals surface area contributed by atoms with Gasteiger partial charge in [-0.3, -0.25) is 4.98 Å². The van der Waals surface area contributed by atoms with Crippen molar-refractivity contribution in [1.29, 1.82) is 0 Å². The lowest BCUT2D eigenvalue weighted by molar-refractivity contribution is 1.23. The highest BCUT2D eigenvalue weighted by Crippen LogP contribution is 2.52. The molecule has 8 aromatic carbocycles. The molecule has 0 radical (unpaired) electrons. The Morgan fingerprint density at radius 3 is 1.90 bits per heavy atom. The zero-order chi connectivity index (χ0) is 33.0. The molecule has 9 aromatic rings. The van der Waals surface area contributed by atoms with Crippen LogP contribution in [0.4, 0.5) is 34.1 Å². The second kappa shape index (κ2) is 11.5. The molecule has 2 heterocycles. The molecular weight excluding hydrogens is 607 g/mol. The van der Waals surface area contributed by atoms with E-state index in [2.05, 4.69) is 186 Å². The summed E-state index contributed by atoms with van der Waals surface area (Å²) in [6.45, 7) is 0. The minimum Gasteiger partial charge on any atom is -0.309 e. The van der Waals surface area contributed by atoms with Gasteiger partial charge >= 0.3 is 0 Å². The topological polar surface area (TPSA) is 19.4 Å². The average molecular weight is 638 g/mol. The Balaban J connectivity index is 1.14. The van der Waals surface area contributed by atoms with Gasteiger partial charge in [0.1, 0.15) is 0 Å². The molecule has 0 unspecified atom stereocenters. The molecule has 0 atom stereocenters. The summed E-state index contributed by atoms with van der Waals surface area (Å²) in [5.74, 6) is 0. The van der Waals surface area contributed by atoms with Crippen LogP contribution >= 0.6 is 0 Å². The van der Waals surface area contributed by atoms with E-state index in [4.69, 9.17) is 4.98 Å². The van der Waals surface area contributed by atoms with Crippen LogP contribution in [-0.2, 0) is 0 Å². The van der Waals surface area contributed by atoms with Crippen molar-refractivity contribution in [3.63, 3.8) is 0 Å². The van der Waals surface area contributed by atoms with Crippen molar-refractivity contribution in [2.45, 2.75) is 0 Å².